The van der Waals surface area contributed by atoms with E-state index in [9.17, 15) is 8.42 Å². The molecule has 206 valence electrons. The number of halogens is 1. The van der Waals surface area contributed by atoms with Gasteiger partial charge >= 0.3 is 0 Å². The number of methoxy groups -OCH3 is 3. The number of hydrogen-bond donors (Lipinski definition) is 0. The minimum Gasteiger partial charge on any atom is -0.494 e. The quantitative estimate of drug-likeness (QED) is 0.355. The first-order chi connectivity index (χ1) is 18.0. The zero-order valence-electron chi connectivity index (χ0n) is 22.2. The molecule has 1 fully saturated rings. The highest BCUT2D eigenvalue weighted by molar-refractivity contribution is 7.91. The number of rotatable bonds is 10. The summed E-state index contributed by atoms with van der Waals surface area (Å²) < 4.78 is 52.2. The summed E-state index contributed by atoms with van der Waals surface area (Å²) >= 11 is 5.90. The van der Waals surface area contributed by atoms with E-state index in [0.29, 0.717) is 34.5 Å². The molecule has 0 spiro atoms. The van der Waals surface area contributed by atoms with E-state index >= 15 is 0 Å². The zero-order valence-corrected chi connectivity index (χ0v) is 23.8. The van der Waals surface area contributed by atoms with Gasteiger partial charge in [0.15, 0.2) is 27.3 Å². The number of para-hydroxylation sites is 1. The smallest absolute Gasteiger partial charge is 0.167 e. The van der Waals surface area contributed by atoms with Crippen molar-refractivity contribution in [2.24, 2.45) is 0 Å². The first kappa shape index (κ1) is 28.2. The van der Waals surface area contributed by atoms with E-state index in [4.69, 9.17) is 30.5 Å². The molecule has 3 atom stereocenters. The highest BCUT2D eigenvalue weighted by Crippen LogP contribution is 2.42. The van der Waals surface area contributed by atoms with Crippen LogP contribution in [0.25, 0.3) is 5.69 Å². The van der Waals surface area contributed by atoms with Crippen LogP contribution in [0.3, 0.4) is 0 Å². The average molecular weight is 566 g/mol. The Balaban J connectivity index is 1.79. The fourth-order valence-electron chi connectivity index (χ4n) is 4.57. The second-order valence-corrected chi connectivity index (χ2v) is 12.4. The number of sulfone groups is 1. The maximum absolute atomic E-state index is 13.7. The molecule has 3 aromatic rings. The maximum atomic E-state index is 13.7. The van der Waals surface area contributed by atoms with Gasteiger partial charge in [0.05, 0.1) is 30.1 Å². The highest BCUT2D eigenvalue weighted by atomic mass is 35.5. The summed E-state index contributed by atoms with van der Waals surface area (Å²) in [6.07, 6.45) is 2.99. The van der Waals surface area contributed by atoms with Crippen LogP contribution in [-0.4, -0.2) is 65.3 Å². The van der Waals surface area contributed by atoms with Crippen molar-refractivity contribution < 1.29 is 27.4 Å². The molecule has 1 saturated heterocycles. The lowest BCUT2D eigenvalue weighted by molar-refractivity contribution is -0.0207. The summed E-state index contributed by atoms with van der Waals surface area (Å²) in [6, 6.07) is 5.32. The summed E-state index contributed by atoms with van der Waals surface area (Å²) in [7, 11) is 0.608. The molecular formula is C25H32ClN5O6S. The third-order valence-electron chi connectivity index (χ3n) is 6.61. The van der Waals surface area contributed by atoms with E-state index in [1.165, 1.54) is 33.7 Å². The van der Waals surface area contributed by atoms with Crippen LogP contribution in [0.5, 0.6) is 11.5 Å². The lowest BCUT2D eigenvalue weighted by Gasteiger charge is -2.23. The van der Waals surface area contributed by atoms with Gasteiger partial charge in [-0.2, -0.15) is 0 Å². The Morgan fingerprint density at radius 1 is 1.13 bits per heavy atom. The van der Waals surface area contributed by atoms with E-state index in [1.807, 2.05) is 13.8 Å². The molecule has 2 aromatic heterocycles. The molecule has 3 heterocycles. The number of benzene rings is 1. The first-order valence-electron chi connectivity index (χ1n) is 12.1. The van der Waals surface area contributed by atoms with E-state index < -0.39 is 33.0 Å². The molecule has 38 heavy (non-hydrogen) atoms. The average Bonchev–Trinajstić information content (AvgIpc) is 3.46. The van der Waals surface area contributed by atoms with Gasteiger partial charge in [0.2, 0.25) is 0 Å². The molecule has 0 radical (unpaired) electrons. The lowest BCUT2D eigenvalue weighted by Crippen LogP contribution is -2.30. The predicted molar refractivity (Wildman–Crippen MR) is 140 cm³/mol. The van der Waals surface area contributed by atoms with Gasteiger partial charge < -0.3 is 18.9 Å². The third-order valence-corrected chi connectivity index (χ3v) is 8.85. The van der Waals surface area contributed by atoms with E-state index in [1.54, 1.807) is 29.7 Å². The highest BCUT2D eigenvalue weighted by Gasteiger charge is 2.39. The standard InChI is InChI=1S/C25H32ClN5O6S/c1-15(22(36-6)23-27-12-16(26)13-28-23)38(32,33)14-20-29-30-24(19-10-11-25(2,3)37-19)31(20)21-17(34-4)8-7-9-18(21)35-5/h7-9,12-13,15,19,22H,10-11,14H2,1-6H3/t15-,19+,22-/m0/s1. The summed E-state index contributed by atoms with van der Waals surface area (Å²) in [5, 5.41) is 8.06. The second-order valence-electron chi connectivity index (χ2n) is 9.65. The van der Waals surface area contributed by atoms with Gasteiger partial charge in [-0.15, -0.1) is 10.2 Å². The van der Waals surface area contributed by atoms with Crippen molar-refractivity contribution >= 4 is 21.4 Å². The van der Waals surface area contributed by atoms with Crippen LogP contribution in [0, 0.1) is 0 Å². The molecule has 4 rings (SSSR count). The summed E-state index contributed by atoms with van der Waals surface area (Å²) in [6.45, 7) is 5.57. The van der Waals surface area contributed by atoms with E-state index in [-0.39, 0.29) is 17.2 Å². The van der Waals surface area contributed by atoms with Gasteiger partial charge in [0.1, 0.15) is 35.1 Å². The molecule has 0 amide bonds. The normalized spacial score (nSPS) is 18.8. The van der Waals surface area contributed by atoms with Crippen LogP contribution < -0.4 is 9.47 Å². The number of aromatic nitrogens is 5. The Bertz CT molecular complexity index is 1360. The van der Waals surface area contributed by atoms with Crippen LogP contribution in [0.4, 0.5) is 0 Å². The summed E-state index contributed by atoms with van der Waals surface area (Å²) in [5.41, 5.74) is 0.144. The fraction of sp³-hybridized carbons (Fsp3) is 0.520. The van der Waals surface area contributed by atoms with E-state index in [2.05, 4.69) is 20.2 Å². The van der Waals surface area contributed by atoms with Gasteiger partial charge in [-0.1, -0.05) is 17.7 Å². The van der Waals surface area contributed by atoms with Crippen molar-refractivity contribution in [3.05, 3.63) is 53.1 Å². The Morgan fingerprint density at radius 2 is 1.76 bits per heavy atom. The van der Waals surface area contributed by atoms with Gasteiger partial charge in [0, 0.05) is 19.5 Å². The molecule has 0 N–H and O–H groups in total. The molecule has 0 saturated carbocycles. The molecule has 0 bridgehead atoms. The van der Waals surface area contributed by atoms with Gasteiger partial charge in [0.25, 0.3) is 0 Å². The predicted octanol–water partition coefficient (Wildman–Crippen LogP) is 4.05. The Labute approximate surface area is 227 Å². The second kappa shape index (κ2) is 11.1. The van der Waals surface area contributed by atoms with Crippen molar-refractivity contribution in [3.63, 3.8) is 0 Å². The Morgan fingerprint density at radius 3 is 2.29 bits per heavy atom. The van der Waals surface area contributed by atoms with Crippen LogP contribution in [0.15, 0.2) is 30.6 Å². The number of ether oxygens (including phenoxy) is 4. The van der Waals surface area contributed by atoms with Crippen molar-refractivity contribution in [1.29, 1.82) is 0 Å². The minimum absolute atomic E-state index is 0.190. The van der Waals surface area contributed by atoms with Gasteiger partial charge in [-0.25, -0.2) is 18.4 Å². The van der Waals surface area contributed by atoms with Crippen molar-refractivity contribution in [3.8, 4) is 17.2 Å². The van der Waals surface area contributed by atoms with Crippen LogP contribution in [0.2, 0.25) is 5.02 Å². The Hall–Kier alpha value is -2.80. The van der Waals surface area contributed by atoms with E-state index in [0.717, 1.165) is 6.42 Å². The zero-order chi connectivity index (χ0) is 27.7. The monoisotopic (exact) mass is 565 g/mol. The molecule has 0 unspecified atom stereocenters. The Kier molecular flexibility index (Phi) is 8.26. The molecule has 13 heteroatoms. The largest absolute Gasteiger partial charge is 0.494 e. The van der Waals surface area contributed by atoms with Crippen molar-refractivity contribution in [1.82, 2.24) is 24.7 Å². The van der Waals surface area contributed by atoms with Gasteiger partial charge in [-0.3, -0.25) is 4.57 Å². The third kappa shape index (κ3) is 5.63. The topological polar surface area (TPSA) is 128 Å². The van der Waals surface area contributed by atoms with Crippen LogP contribution >= 0.6 is 11.6 Å². The van der Waals surface area contributed by atoms with Crippen LogP contribution in [0.1, 0.15) is 63.3 Å². The SMILES string of the molecule is COc1cccc(OC)c1-n1c(CS(=O)(=O)[C@@H](C)[C@H](OC)c2ncc(Cl)cn2)nnc1[C@H]1CCC(C)(C)O1. The molecule has 11 nitrogen and oxygen atoms in total. The van der Waals surface area contributed by atoms with Gasteiger partial charge in [-0.05, 0) is 45.7 Å². The molecule has 0 aliphatic carbocycles. The molecule has 1 aliphatic heterocycles. The lowest BCUT2D eigenvalue weighted by atomic mass is 10.1. The first-order valence-corrected chi connectivity index (χ1v) is 14.2. The molecule has 1 aliphatic rings. The minimum atomic E-state index is -3.87. The summed E-state index contributed by atoms with van der Waals surface area (Å²) in [5.74, 6) is 1.38. The maximum Gasteiger partial charge on any atom is 0.167 e. The molecular weight excluding hydrogens is 534 g/mol. The number of nitrogens with zero attached hydrogens (tertiary/aromatic N) is 5. The van der Waals surface area contributed by atoms with Crippen LogP contribution in [-0.2, 0) is 25.1 Å². The fourth-order valence-corrected chi connectivity index (χ4v) is 6.08. The summed E-state index contributed by atoms with van der Waals surface area (Å²) in [4.78, 5) is 8.31. The molecule has 1 aromatic carbocycles. The van der Waals surface area contributed by atoms with Crippen molar-refractivity contribution in [2.45, 2.75) is 62.4 Å². The van der Waals surface area contributed by atoms with Crippen molar-refractivity contribution in [2.75, 3.05) is 21.3 Å². The number of hydrogen-bond acceptors (Lipinski definition) is 10.